The van der Waals surface area contributed by atoms with Gasteiger partial charge in [0.05, 0.1) is 18.2 Å². The first-order chi connectivity index (χ1) is 12.7. The van der Waals surface area contributed by atoms with E-state index in [1.54, 1.807) is 29.2 Å². The van der Waals surface area contributed by atoms with Crippen LogP contribution in [0.25, 0.3) is 0 Å². The van der Waals surface area contributed by atoms with Gasteiger partial charge in [0.1, 0.15) is 11.5 Å². The van der Waals surface area contributed by atoms with Crippen LogP contribution in [-0.4, -0.2) is 30.6 Å². The lowest BCUT2D eigenvalue weighted by atomic mass is 10.1. The number of hydrogen-bond acceptors (Lipinski definition) is 4. The van der Waals surface area contributed by atoms with Crippen molar-refractivity contribution < 1.29 is 14.3 Å². The Bertz CT molecular complexity index is 733. The van der Waals surface area contributed by atoms with Crippen LogP contribution in [0.4, 0.5) is 0 Å². The summed E-state index contributed by atoms with van der Waals surface area (Å²) in [4.78, 5) is 14.3. The molecule has 0 aliphatic heterocycles. The van der Waals surface area contributed by atoms with E-state index in [1.165, 1.54) is 0 Å². The quantitative estimate of drug-likeness (QED) is 0.689. The van der Waals surface area contributed by atoms with Crippen molar-refractivity contribution in [2.75, 3.05) is 19.8 Å². The first-order valence-corrected chi connectivity index (χ1v) is 8.78. The van der Waals surface area contributed by atoms with Crippen LogP contribution >= 0.6 is 0 Å². The number of nitrogens with zero attached hydrogens (tertiary/aromatic N) is 2. The smallest absolute Gasteiger partial charge is 0.260 e. The first-order valence-electron chi connectivity index (χ1n) is 8.78. The molecule has 0 unspecified atom stereocenters. The van der Waals surface area contributed by atoms with E-state index in [-0.39, 0.29) is 12.5 Å². The molecule has 0 saturated heterocycles. The summed E-state index contributed by atoms with van der Waals surface area (Å²) in [6, 6.07) is 16.6. The zero-order valence-electron chi connectivity index (χ0n) is 15.3. The van der Waals surface area contributed by atoms with E-state index in [0.29, 0.717) is 31.0 Å². The van der Waals surface area contributed by atoms with E-state index in [9.17, 15) is 4.79 Å². The SMILES string of the molecule is CCCN(Cc1ccc(C#N)cc1)C(=O)COc1ccc(OCC)cc1. The summed E-state index contributed by atoms with van der Waals surface area (Å²) in [5.41, 5.74) is 1.60. The van der Waals surface area contributed by atoms with Crippen molar-refractivity contribution in [1.29, 1.82) is 5.26 Å². The van der Waals surface area contributed by atoms with Gasteiger partial charge in [0.15, 0.2) is 6.61 Å². The van der Waals surface area contributed by atoms with Crippen molar-refractivity contribution in [3.63, 3.8) is 0 Å². The van der Waals surface area contributed by atoms with Crippen LogP contribution < -0.4 is 9.47 Å². The predicted molar refractivity (Wildman–Crippen MR) is 100.0 cm³/mol. The van der Waals surface area contributed by atoms with Gasteiger partial charge in [0, 0.05) is 13.1 Å². The molecule has 0 radical (unpaired) electrons. The van der Waals surface area contributed by atoms with Crippen LogP contribution in [0.2, 0.25) is 0 Å². The van der Waals surface area contributed by atoms with E-state index < -0.39 is 0 Å². The lowest BCUT2D eigenvalue weighted by molar-refractivity contribution is -0.134. The zero-order chi connectivity index (χ0) is 18.8. The minimum Gasteiger partial charge on any atom is -0.494 e. The van der Waals surface area contributed by atoms with Gasteiger partial charge in [-0.2, -0.15) is 5.26 Å². The summed E-state index contributed by atoms with van der Waals surface area (Å²) in [7, 11) is 0. The second-order valence-corrected chi connectivity index (χ2v) is 5.82. The predicted octanol–water partition coefficient (Wildman–Crippen LogP) is 3.77. The number of ether oxygens (including phenoxy) is 2. The monoisotopic (exact) mass is 352 g/mol. The van der Waals surface area contributed by atoms with Crippen LogP contribution in [0.15, 0.2) is 48.5 Å². The molecule has 0 heterocycles. The minimum atomic E-state index is -0.0647. The summed E-state index contributed by atoms with van der Waals surface area (Å²) in [5.74, 6) is 1.35. The molecule has 0 bridgehead atoms. The van der Waals surface area contributed by atoms with Crippen LogP contribution in [0.3, 0.4) is 0 Å². The number of nitriles is 1. The lowest BCUT2D eigenvalue weighted by Crippen LogP contribution is -2.35. The van der Waals surface area contributed by atoms with Gasteiger partial charge in [-0.05, 0) is 55.3 Å². The van der Waals surface area contributed by atoms with Gasteiger partial charge in [0.25, 0.3) is 5.91 Å². The topological polar surface area (TPSA) is 62.6 Å². The highest BCUT2D eigenvalue weighted by atomic mass is 16.5. The largest absolute Gasteiger partial charge is 0.494 e. The van der Waals surface area contributed by atoms with E-state index in [1.807, 2.05) is 38.1 Å². The van der Waals surface area contributed by atoms with Gasteiger partial charge >= 0.3 is 0 Å². The third-order valence-corrected chi connectivity index (χ3v) is 3.80. The Labute approximate surface area is 154 Å². The van der Waals surface area contributed by atoms with Gasteiger partial charge in [-0.15, -0.1) is 0 Å². The molecule has 0 aromatic heterocycles. The fourth-order valence-corrected chi connectivity index (χ4v) is 2.50. The molecule has 0 N–H and O–H groups in total. The second-order valence-electron chi connectivity index (χ2n) is 5.82. The van der Waals surface area contributed by atoms with Gasteiger partial charge in [0.2, 0.25) is 0 Å². The van der Waals surface area contributed by atoms with Gasteiger partial charge < -0.3 is 14.4 Å². The molecular weight excluding hydrogens is 328 g/mol. The van der Waals surface area contributed by atoms with Gasteiger partial charge in [-0.1, -0.05) is 19.1 Å². The fraction of sp³-hybridized carbons (Fsp3) is 0.333. The van der Waals surface area contributed by atoms with Crippen molar-refractivity contribution in [3.05, 3.63) is 59.7 Å². The summed E-state index contributed by atoms with van der Waals surface area (Å²) in [6.45, 7) is 5.73. The Hall–Kier alpha value is -3.00. The summed E-state index contributed by atoms with van der Waals surface area (Å²) < 4.78 is 11.0. The summed E-state index contributed by atoms with van der Waals surface area (Å²) in [5, 5.41) is 8.87. The third-order valence-electron chi connectivity index (χ3n) is 3.80. The highest BCUT2D eigenvalue weighted by Gasteiger charge is 2.14. The second kappa shape index (κ2) is 10.1. The van der Waals surface area contributed by atoms with Crippen molar-refractivity contribution in [2.45, 2.75) is 26.8 Å². The van der Waals surface area contributed by atoms with Gasteiger partial charge in [-0.25, -0.2) is 0 Å². The molecule has 0 aliphatic carbocycles. The average Bonchev–Trinajstić information content (AvgIpc) is 2.67. The molecule has 0 spiro atoms. The molecule has 5 heteroatoms. The average molecular weight is 352 g/mol. The standard InChI is InChI=1S/C21H24N2O3/c1-3-13-23(15-18-7-5-17(14-22)6-8-18)21(24)16-26-20-11-9-19(10-12-20)25-4-2/h5-12H,3-4,13,15-16H2,1-2H3. The Morgan fingerprint density at radius 1 is 1.00 bits per heavy atom. The van der Waals surface area contributed by atoms with E-state index in [4.69, 9.17) is 14.7 Å². The molecule has 1 amide bonds. The normalized spacial score (nSPS) is 10.0. The van der Waals surface area contributed by atoms with Crippen molar-refractivity contribution in [3.8, 4) is 17.6 Å². The fourth-order valence-electron chi connectivity index (χ4n) is 2.50. The zero-order valence-corrected chi connectivity index (χ0v) is 15.3. The Balaban J connectivity index is 1.93. The van der Waals surface area contributed by atoms with Crippen LogP contribution in [-0.2, 0) is 11.3 Å². The maximum atomic E-state index is 12.5. The van der Waals surface area contributed by atoms with Gasteiger partial charge in [-0.3, -0.25) is 4.79 Å². The Morgan fingerprint density at radius 3 is 2.15 bits per heavy atom. The van der Waals surface area contributed by atoms with Crippen molar-refractivity contribution in [1.82, 2.24) is 4.90 Å². The maximum Gasteiger partial charge on any atom is 0.260 e. The van der Waals surface area contributed by atoms with E-state index in [2.05, 4.69) is 6.07 Å². The van der Waals surface area contributed by atoms with Crippen molar-refractivity contribution in [2.24, 2.45) is 0 Å². The number of amides is 1. The van der Waals surface area contributed by atoms with Crippen molar-refractivity contribution >= 4 is 5.91 Å². The van der Waals surface area contributed by atoms with E-state index >= 15 is 0 Å². The molecule has 0 saturated carbocycles. The third kappa shape index (κ3) is 5.82. The van der Waals surface area contributed by atoms with E-state index in [0.717, 1.165) is 17.7 Å². The molecule has 2 aromatic rings. The van der Waals surface area contributed by atoms with Crippen LogP contribution in [0.5, 0.6) is 11.5 Å². The lowest BCUT2D eigenvalue weighted by Gasteiger charge is -2.22. The molecule has 2 aromatic carbocycles. The molecule has 0 atom stereocenters. The molecule has 136 valence electrons. The maximum absolute atomic E-state index is 12.5. The molecule has 0 aliphatic rings. The molecule has 5 nitrogen and oxygen atoms in total. The number of hydrogen-bond donors (Lipinski definition) is 0. The highest BCUT2D eigenvalue weighted by molar-refractivity contribution is 5.77. The molecule has 26 heavy (non-hydrogen) atoms. The number of carbonyl (C=O) groups is 1. The molecule has 2 rings (SSSR count). The minimum absolute atomic E-state index is 0.00966. The molecule has 0 fully saturated rings. The number of rotatable bonds is 9. The Morgan fingerprint density at radius 2 is 1.62 bits per heavy atom. The summed E-state index contributed by atoms with van der Waals surface area (Å²) >= 11 is 0. The number of benzene rings is 2. The number of carbonyl (C=O) groups excluding carboxylic acids is 1. The van der Waals surface area contributed by atoms with Crippen LogP contribution in [0, 0.1) is 11.3 Å². The molecular formula is C21H24N2O3. The first kappa shape index (κ1) is 19.3. The Kier molecular flexibility index (Phi) is 7.50. The van der Waals surface area contributed by atoms with Crippen LogP contribution in [0.1, 0.15) is 31.4 Å². The summed E-state index contributed by atoms with van der Waals surface area (Å²) in [6.07, 6.45) is 0.866. The highest BCUT2D eigenvalue weighted by Crippen LogP contribution is 2.17.